The molecule has 12 nitrogen and oxygen atoms in total. The summed E-state index contributed by atoms with van der Waals surface area (Å²) < 4.78 is 27.3. The van der Waals surface area contributed by atoms with Crippen LogP contribution in [-0.4, -0.2) is 99.8 Å². The number of halogens is 1. The monoisotopic (exact) mass is 668 g/mol. The zero-order valence-corrected chi connectivity index (χ0v) is 27.8. The van der Waals surface area contributed by atoms with E-state index in [-0.39, 0.29) is 17.3 Å². The molecule has 2 saturated heterocycles. The van der Waals surface area contributed by atoms with Gasteiger partial charge in [-0.25, -0.2) is 9.37 Å². The maximum absolute atomic E-state index is 14.7. The van der Waals surface area contributed by atoms with Gasteiger partial charge in [-0.05, 0) is 61.2 Å². The summed E-state index contributed by atoms with van der Waals surface area (Å²) in [6, 6.07) is 12.1. The van der Waals surface area contributed by atoms with Crippen LogP contribution in [0.2, 0.25) is 0 Å². The molecule has 0 aliphatic carbocycles. The summed E-state index contributed by atoms with van der Waals surface area (Å²) >= 11 is 0. The fraction of sp³-hybridized carbons (Fsp3) is 0.361. The maximum atomic E-state index is 14.7. The number of carbonyl (C=O) groups is 2. The number of nitrogens with zero attached hydrogens (tertiary/aromatic N) is 7. The fourth-order valence-corrected chi connectivity index (χ4v) is 6.31. The lowest BCUT2D eigenvalue weighted by atomic mass is 10.0. The van der Waals surface area contributed by atoms with Crippen LogP contribution in [0.15, 0.2) is 73.4 Å². The predicted molar refractivity (Wildman–Crippen MR) is 184 cm³/mol. The maximum Gasteiger partial charge on any atom is 0.270 e. The molecule has 256 valence electrons. The van der Waals surface area contributed by atoms with Gasteiger partial charge in [-0.3, -0.25) is 19.3 Å². The van der Waals surface area contributed by atoms with Gasteiger partial charge in [0, 0.05) is 94.2 Å². The Hall–Kier alpha value is -5.46. The number of carbonyl (C=O) groups excluding carboxylic acids is 2. The highest BCUT2D eigenvalue weighted by atomic mass is 19.1. The molecule has 6 heterocycles. The molecule has 2 aliphatic heterocycles. The van der Waals surface area contributed by atoms with Crippen LogP contribution in [0.3, 0.4) is 0 Å². The number of rotatable bonds is 8. The summed E-state index contributed by atoms with van der Waals surface area (Å²) in [5, 5.41) is 4.68. The van der Waals surface area contributed by atoms with Crippen LogP contribution in [0.5, 0.6) is 11.5 Å². The number of fused-ring (bicyclic) bond motifs is 1. The smallest absolute Gasteiger partial charge is 0.270 e. The molecule has 1 N–H and O–H groups in total. The zero-order chi connectivity index (χ0) is 34.2. The molecule has 1 aromatic carbocycles. The minimum atomic E-state index is -0.423. The van der Waals surface area contributed by atoms with Gasteiger partial charge in [0.2, 0.25) is 5.91 Å². The summed E-state index contributed by atoms with van der Waals surface area (Å²) in [6.45, 7) is 4.84. The Labute approximate surface area is 284 Å². The first-order valence-corrected chi connectivity index (χ1v) is 16.5. The Balaban J connectivity index is 0.000000232. The number of pyridine rings is 2. The van der Waals surface area contributed by atoms with Gasteiger partial charge < -0.3 is 29.2 Å². The normalized spacial score (nSPS) is 14.7. The van der Waals surface area contributed by atoms with Gasteiger partial charge in [-0.1, -0.05) is 6.07 Å². The SMILES string of the molecule is COc1ccncc1-c1ccc(F)c2[nH]c(C(=O)N3CCN(c4ncccc4OC)CC3)cc12.O=C(CCn1cccn1)N1CCCCC1. The Morgan fingerprint density at radius 3 is 2.39 bits per heavy atom. The van der Waals surface area contributed by atoms with Crippen molar-refractivity contribution in [2.45, 2.75) is 32.2 Å². The number of amides is 2. The number of likely N-dealkylation sites (tertiary alicyclic amines) is 1. The van der Waals surface area contributed by atoms with Crippen molar-refractivity contribution in [1.82, 2.24) is 34.5 Å². The van der Waals surface area contributed by atoms with E-state index in [4.69, 9.17) is 9.47 Å². The quantitative estimate of drug-likeness (QED) is 0.245. The Morgan fingerprint density at radius 1 is 0.857 bits per heavy atom. The number of ether oxygens (including phenoxy) is 2. The molecule has 0 unspecified atom stereocenters. The standard InChI is InChI=1S/C25H24FN5O3.C11H17N3O/c1-33-21-7-9-27-15-18(21)16-5-6-19(26)23-17(16)14-20(29-23)25(32)31-12-10-30(11-13-31)24-22(34-2)4-3-8-28-24;15-11(13-7-2-1-3-8-13)5-10-14-9-4-6-12-14/h3-9,14-15,29H,10-13H2,1-2H3;4,6,9H,1-3,5,7-8,10H2. The molecule has 5 aromatic rings. The third-order valence-electron chi connectivity index (χ3n) is 8.92. The highest BCUT2D eigenvalue weighted by Gasteiger charge is 2.26. The molecule has 7 rings (SSSR count). The van der Waals surface area contributed by atoms with Gasteiger partial charge in [0.15, 0.2) is 11.6 Å². The lowest BCUT2D eigenvalue weighted by Gasteiger charge is -2.35. The van der Waals surface area contributed by atoms with E-state index in [1.807, 2.05) is 34.0 Å². The van der Waals surface area contributed by atoms with Crippen LogP contribution in [0, 0.1) is 5.82 Å². The zero-order valence-electron chi connectivity index (χ0n) is 27.8. The van der Waals surface area contributed by atoms with Crippen LogP contribution in [-0.2, 0) is 11.3 Å². The van der Waals surface area contributed by atoms with E-state index in [1.54, 1.807) is 62.1 Å². The Bertz CT molecular complexity index is 1860. The molecule has 2 fully saturated rings. The number of hydrogen-bond acceptors (Lipinski definition) is 8. The van der Waals surface area contributed by atoms with E-state index in [2.05, 4.69) is 25.0 Å². The van der Waals surface area contributed by atoms with Gasteiger partial charge in [-0.15, -0.1) is 0 Å². The third-order valence-corrected chi connectivity index (χ3v) is 8.92. The van der Waals surface area contributed by atoms with Crippen LogP contribution in [0.25, 0.3) is 22.0 Å². The van der Waals surface area contributed by atoms with Crippen molar-refractivity contribution >= 4 is 28.5 Å². The number of methoxy groups -OCH3 is 2. The first-order valence-electron chi connectivity index (χ1n) is 16.5. The first kappa shape index (κ1) is 33.4. The summed E-state index contributed by atoms with van der Waals surface area (Å²) in [5.41, 5.74) is 2.09. The average molecular weight is 669 g/mol. The van der Waals surface area contributed by atoms with Crippen molar-refractivity contribution in [2.24, 2.45) is 0 Å². The molecular weight excluding hydrogens is 627 g/mol. The van der Waals surface area contributed by atoms with E-state index in [9.17, 15) is 14.0 Å². The van der Waals surface area contributed by atoms with Crippen molar-refractivity contribution < 1.29 is 23.5 Å². The minimum Gasteiger partial charge on any atom is -0.496 e. The number of nitrogens with one attached hydrogen (secondary N) is 1. The van der Waals surface area contributed by atoms with Crippen LogP contribution in [0.4, 0.5) is 10.2 Å². The summed E-state index contributed by atoms with van der Waals surface area (Å²) in [6.07, 6.45) is 12.8. The van der Waals surface area contributed by atoms with E-state index >= 15 is 0 Å². The summed E-state index contributed by atoms with van der Waals surface area (Å²) in [4.78, 5) is 42.5. The van der Waals surface area contributed by atoms with Crippen molar-refractivity contribution in [3.8, 4) is 22.6 Å². The number of piperidine rings is 1. The van der Waals surface area contributed by atoms with Crippen molar-refractivity contribution in [3.05, 3.63) is 85.0 Å². The van der Waals surface area contributed by atoms with E-state index < -0.39 is 5.82 Å². The molecule has 49 heavy (non-hydrogen) atoms. The summed E-state index contributed by atoms with van der Waals surface area (Å²) in [5.74, 6) is 1.76. The summed E-state index contributed by atoms with van der Waals surface area (Å²) in [7, 11) is 3.19. The minimum absolute atomic E-state index is 0.174. The number of piperazine rings is 1. The van der Waals surface area contributed by atoms with E-state index in [0.717, 1.165) is 42.9 Å². The van der Waals surface area contributed by atoms with Gasteiger partial charge in [0.25, 0.3) is 5.91 Å². The molecule has 0 spiro atoms. The second-order valence-electron chi connectivity index (χ2n) is 11.9. The number of H-pyrrole nitrogens is 1. The lowest BCUT2D eigenvalue weighted by Crippen LogP contribution is -2.49. The highest BCUT2D eigenvalue weighted by Crippen LogP contribution is 2.36. The highest BCUT2D eigenvalue weighted by molar-refractivity contribution is 6.03. The molecule has 2 amide bonds. The van der Waals surface area contributed by atoms with Crippen LogP contribution in [0.1, 0.15) is 36.2 Å². The van der Waals surface area contributed by atoms with Gasteiger partial charge in [0.1, 0.15) is 17.3 Å². The number of hydrogen-bond donors (Lipinski definition) is 1. The Kier molecular flexibility index (Phi) is 10.7. The Morgan fingerprint density at radius 2 is 1.65 bits per heavy atom. The second kappa shape index (κ2) is 15.6. The molecule has 4 aromatic heterocycles. The topological polar surface area (TPSA) is 122 Å². The van der Waals surface area contributed by atoms with Crippen molar-refractivity contribution in [2.75, 3.05) is 58.4 Å². The van der Waals surface area contributed by atoms with Gasteiger partial charge >= 0.3 is 0 Å². The van der Waals surface area contributed by atoms with Crippen LogP contribution < -0.4 is 14.4 Å². The number of aromatic nitrogens is 5. The first-order chi connectivity index (χ1) is 24.0. The van der Waals surface area contributed by atoms with Crippen molar-refractivity contribution in [3.63, 3.8) is 0 Å². The van der Waals surface area contributed by atoms with E-state index in [0.29, 0.717) is 61.7 Å². The number of aryl methyl sites for hydroxylation is 1. The molecule has 0 bridgehead atoms. The fourth-order valence-electron chi connectivity index (χ4n) is 6.31. The molecule has 2 aliphatic rings. The third kappa shape index (κ3) is 7.66. The average Bonchev–Trinajstić information content (AvgIpc) is 3.86. The van der Waals surface area contributed by atoms with Crippen molar-refractivity contribution in [1.29, 1.82) is 0 Å². The number of benzene rings is 1. The molecule has 13 heteroatoms. The van der Waals surface area contributed by atoms with Crippen LogP contribution >= 0.6 is 0 Å². The predicted octanol–water partition coefficient (Wildman–Crippen LogP) is 5.03. The molecule has 0 saturated carbocycles. The second-order valence-corrected chi connectivity index (χ2v) is 11.9. The lowest BCUT2D eigenvalue weighted by molar-refractivity contribution is -0.132. The van der Waals surface area contributed by atoms with E-state index in [1.165, 1.54) is 12.5 Å². The number of aromatic amines is 1. The molecule has 0 atom stereocenters. The largest absolute Gasteiger partial charge is 0.496 e. The number of anilines is 1. The molecule has 0 radical (unpaired) electrons. The van der Waals surface area contributed by atoms with Gasteiger partial charge in [-0.2, -0.15) is 5.10 Å². The molecular formula is C36H41FN8O4. The van der Waals surface area contributed by atoms with Gasteiger partial charge in [0.05, 0.1) is 19.7 Å².